The van der Waals surface area contributed by atoms with E-state index in [1.165, 1.54) is 18.7 Å². The van der Waals surface area contributed by atoms with Gasteiger partial charge in [0.25, 0.3) is 5.91 Å². The molecule has 1 amide bonds. The van der Waals surface area contributed by atoms with E-state index in [1.54, 1.807) is 6.07 Å². The number of halogens is 3. The molecule has 1 rings (SSSR count). The zero-order chi connectivity index (χ0) is 16.2. The van der Waals surface area contributed by atoms with Crippen molar-refractivity contribution in [2.45, 2.75) is 24.9 Å². The molecular weight excluding hydrogens is 301 g/mol. The van der Waals surface area contributed by atoms with Gasteiger partial charge in [-0.2, -0.15) is 18.4 Å². The van der Waals surface area contributed by atoms with Crippen LogP contribution in [0.5, 0.6) is 0 Å². The number of hydrogen-bond acceptors (Lipinski definition) is 3. The van der Waals surface area contributed by atoms with Crippen molar-refractivity contribution < 1.29 is 18.0 Å². The molecule has 112 valence electrons. The van der Waals surface area contributed by atoms with E-state index in [0.717, 1.165) is 12.1 Å². The van der Waals surface area contributed by atoms with Gasteiger partial charge in [0.2, 0.25) is 0 Å². The number of benzene rings is 1. The van der Waals surface area contributed by atoms with Gasteiger partial charge in [-0.05, 0) is 24.8 Å². The fourth-order valence-corrected chi connectivity index (χ4v) is 2.29. The normalized spacial score (nSPS) is 10.9. The zero-order valence-corrected chi connectivity index (χ0v) is 12.3. The first-order valence-electron chi connectivity index (χ1n) is 5.95. The molecule has 0 heterocycles. The molecule has 0 aliphatic rings. The number of carbonyl (C=O) groups excluding carboxylic acids is 1. The van der Waals surface area contributed by atoms with Crippen molar-refractivity contribution in [1.29, 1.82) is 5.26 Å². The molecule has 1 N–H and O–H groups in total. The molecule has 0 spiro atoms. The summed E-state index contributed by atoms with van der Waals surface area (Å²) in [5, 5.41) is 11.3. The van der Waals surface area contributed by atoms with Gasteiger partial charge in [-0.25, -0.2) is 0 Å². The van der Waals surface area contributed by atoms with E-state index in [9.17, 15) is 18.0 Å². The molecule has 1 aromatic carbocycles. The standard InChI is InChI=1S/C14H13F3N2OS/c1-4-21-12-5-9(7-18)10(14(15,16)17)6-11(12)19-13(20)8(2)3/h5-6H,2,4H2,1,3H3,(H,19,20). The van der Waals surface area contributed by atoms with Gasteiger partial charge >= 0.3 is 6.18 Å². The summed E-state index contributed by atoms with van der Waals surface area (Å²) in [6, 6.07) is 3.47. The van der Waals surface area contributed by atoms with Crippen molar-refractivity contribution >= 4 is 23.4 Å². The van der Waals surface area contributed by atoms with Gasteiger partial charge < -0.3 is 5.32 Å². The van der Waals surface area contributed by atoms with Crippen LogP contribution in [0.1, 0.15) is 25.0 Å². The summed E-state index contributed by atoms with van der Waals surface area (Å²) in [5.74, 6) is 0.0254. The number of carbonyl (C=O) groups is 1. The van der Waals surface area contributed by atoms with E-state index in [-0.39, 0.29) is 11.3 Å². The van der Waals surface area contributed by atoms with Crippen molar-refractivity contribution in [3.05, 3.63) is 35.4 Å². The maximum Gasteiger partial charge on any atom is 0.417 e. The van der Waals surface area contributed by atoms with E-state index in [4.69, 9.17) is 5.26 Å². The maximum absolute atomic E-state index is 12.9. The topological polar surface area (TPSA) is 52.9 Å². The van der Waals surface area contributed by atoms with Crippen molar-refractivity contribution in [2.24, 2.45) is 0 Å². The third-order valence-electron chi connectivity index (χ3n) is 2.48. The Balaban J connectivity index is 3.42. The number of thioether (sulfide) groups is 1. The van der Waals surface area contributed by atoms with Gasteiger partial charge in [-0.3, -0.25) is 4.79 Å². The molecule has 0 saturated heterocycles. The van der Waals surface area contributed by atoms with Crippen LogP contribution in [0.25, 0.3) is 0 Å². The minimum absolute atomic E-state index is 0.0289. The number of amides is 1. The Morgan fingerprint density at radius 3 is 2.52 bits per heavy atom. The summed E-state index contributed by atoms with van der Waals surface area (Å²) in [6.07, 6.45) is -4.66. The van der Waals surface area contributed by atoms with Crippen molar-refractivity contribution in [2.75, 3.05) is 11.1 Å². The van der Waals surface area contributed by atoms with Crippen LogP contribution in [-0.2, 0) is 11.0 Å². The Hall–Kier alpha value is -1.94. The first-order chi connectivity index (χ1) is 9.70. The first kappa shape index (κ1) is 17.1. The Kier molecular flexibility index (Phi) is 5.44. The van der Waals surface area contributed by atoms with Crippen LogP contribution in [0.4, 0.5) is 18.9 Å². The largest absolute Gasteiger partial charge is 0.417 e. The second-order valence-electron chi connectivity index (χ2n) is 4.17. The average molecular weight is 314 g/mol. The number of nitriles is 1. The molecule has 0 bridgehead atoms. The summed E-state index contributed by atoms with van der Waals surface area (Å²) in [6.45, 7) is 6.71. The van der Waals surface area contributed by atoms with Crippen LogP contribution in [-0.4, -0.2) is 11.7 Å². The van der Waals surface area contributed by atoms with Crippen LogP contribution in [0, 0.1) is 11.3 Å². The second kappa shape index (κ2) is 6.68. The molecule has 0 aliphatic carbocycles. The zero-order valence-electron chi connectivity index (χ0n) is 11.5. The third-order valence-corrected chi connectivity index (χ3v) is 3.42. The lowest BCUT2D eigenvalue weighted by Crippen LogP contribution is -2.15. The molecule has 3 nitrogen and oxygen atoms in total. The van der Waals surface area contributed by atoms with Crippen molar-refractivity contribution in [1.82, 2.24) is 0 Å². The smallest absolute Gasteiger partial charge is 0.321 e. The Morgan fingerprint density at radius 1 is 1.48 bits per heavy atom. The highest BCUT2D eigenvalue weighted by Gasteiger charge is 2.34. The molecular formula is C14H13F3N2OS. The van der Waals surface area contributed by atoms with Gasteiger partial charge in [0.15, 0.2) is 0 Å². The van der Waals surface area contributed by atoms with Crippen molar-refractivity contribution in [3.8, 4) is 6.07 Å². The van der Waals surface area contributed by atoms with Crippen LogP contribution in [0.2, 0.25) is 0 Å². The highest BCUT2D eigenvalue weighted by Crippen LogP contribution is 2.38. The molecule has 1 aromatic rings. The lowest BCUT2D eigenvalue weighted by molar-refractivity contribution is -0.137. The lowest BCUT2D eigenvalue weighted by atomic mass is 10.1. The van der Waals surface area contributed by atoms with Gasteiger partial charge in [-0.15, -0.1) is 11.8 Å². The Morgan fingerprint density at radius 2 is 2.10 bits per heavy atom. The SMILES string of the molecule is C=C(C)C(=O)Nc1cc(C(F)(F)F)c(C#N)cc1SCC. The monoisotopic (exact) mass is 314 g/mol. The predicted octanol–water partition coefficient (Wildman–Crippen LogP) is 4.20. The highest BCUT2D eigenvalue weighted by atomic mass is 32.2. The van der Waals surface area contributed by atoms with Crippen LogP contribution in [0.3, 0.4) is 0 Å². The molecule has 0 saturated carbocycles. The van der Waals surface area contributed by atoms with Crippen LogP contribution in [0.15, 0.2) is 29.2 Å². The van der Waals surface area contributed by atoms with Gasteiger partial charge in [0, 0.05) is 10.5 Å². The minimum Gasteiger partial charge on any atom is -0.321 e. The number of nitrogens with zero attached hydrogens (tertiary/aromatic N) is 1. The van der Waals surface area contributed by atoms with Crippen molar-refractivity contribution in [3.63, 3.8) is 0 Å². The molecule has 0 atom stereocenters. The summed E-state index contributed by atoms with van der Waals surface area (Å²) >= 11 is 1.24. The fraction of sp³-hybridized carbons (Fsp3) is 0.286. The summed E-state index contributed by atoms with van der Waals surface area (Å²) in [7, 11) is 0. The second-order valence-corrected chi connectivity index (χ2v) is 5.48. The molecule has 7 heteroatoms. The summed E-state index contributed by atoms with van der Waals surface area (Å²) in [4.78, 5) is 12.0. The first-order valence-corrected chi connectivity index (χ1v) is 6.94. The van der Waals surface area contributed by atoms with E-state index < -0.39 is 23.2 Å². The highest BCUT2D eigenvalue weighted by molar-refractivity contribution is 7.99. The maximum atomic E-state index is 12.9. The quantitative estimate of drug-likeness (QED) is 0.669. The molecule has 0 radical (unpaired) electrons. The fourth-order valence-electron chi connectivity index (χ4n) is 1.51. The Labute approximate surface area is 124 Å². The van der Waals surface area contributed by atoms with E-state index in [0.29, 0.717) is 10.6 Å². The predicted molar refractivity (Wildman–Crippen MR) is 76.0 cm³/mol. The lowest BCUT2D eigenvalue weighted by Gasteiger charge is -2.15. The number of alkyl halides is 3. The summed E-state index contributed by atoms with van der Waals surface area (Å²) < 4.78 is 38.8. The minimum atomic E-state index is -4.66. The van der Waals surface area contributed by atoms with E-state index >= 15 is 0 Å². The average Bonchev–Trinajstić information content (AvgIpc) is 2.38. The number of nitrogens with one attached hydrogen (secondary N) is 1. The molecule has 0 aliphatic heterocycles. The van der Waals surface area contributed by atoms with E-state index in [2.05, 4.69) is 11.9 Å². The molecule has 0 unspecified atom stereocenters. The number of rotatable bonds is 4. The van der Waals surface area contributed by atoms with Gasteiger partial charge in [0.05, 0.1) is 22.9 Å². The summed E-state index contributed by atoms with van der Waals surface area (Å²) in [5.41, 5.74) is -1.32. The van der Waals surface area contributed by atoms with Gasteiger partial charge in [0.1, 0.15) is 0 Å². The third kappa shape index (κ3) is 4.26. The Bertz CT molecular complexity index is 618. The van der Waals surface area contributed by atoms with Crippen LogP contribution >= 0.6 is 11.8 Å². The van der Waals surface area contributed by atoms with Gasteiger partial charge in [-0.1, -0.05) is 13.5 Å². The molecule has 21 heavy (non-hydrogen) atoms. The molecule has 0 fully saturated rings. The number of anilines is 1. The van der Waals surface area contributed by atoms with E-state index in [1.807, 2.05) is 6.92 Å². The number of hydrogen-bond donors (Lipinski definition) is 1. The van der Waals surface area contributed by atoms with Crippen LogP contribution < -0.4 is 5.32 Å². The molecule has 0 aromatic heterocycles.